The number of carbonyl (C=O) groups excluding carboxylic acids is 3. The molecule has 3 amide bonds. The van der Waals surface area contributed by atoms with Gasteiger partial charge in [-0.05, 0) is 72.2 Å². The molecular weight excluding hydrogens is 552 g/mol. The molecule has 0 atom stereocenters. The second-order valence-electron chi connectivity index (χ2n) is 9.46. The summed E-state index contributed by atoms with van der Waals surface area (Å²) in [4.78, 5) is 46.5. The van der Waals surface area contributed by atoms with Gasteiger partial charge in [-0.3, -0.25) is 19.2 Å². The van der Waals surface area contributed by atoms with Gasteiger partial charge in [-0.2, -0.15) is 0 Å². The number of hydrogen-bond acceptors (Lipinski definition) is 6. The van der Waals surface area contributed by atoms with Crippen LogP contribution in [-0.4, -0.2) is 67.1 Å². The molecule has 0 saturated carbocycles. The Bertz CT molecular complexity index is 1400. The van der Waals surface area contributed by atoms with E-state index in [2.05, 4.69) is 10.3 Å². The minimum atomic E-state index is -0.911. The first kappa shape index (κ1) is 30.0. The van der Waals surface area contributed by atoms with Gasteiger partial charge in [-0.15, -0.1) is 11.8 Å². The molecule has 1 aliphatic rings. The Hall–Kier alpha value is -3.96. The predicted molar refractivity (Wildman–Crippen MR) is 151 cm³/mol. The summed E-state index contributed by atoms with van der Waals surface area (Å²) in [5, 5.41) is 0. The van der Waals surface area contributed by atoms with Gasteiger partial charge in [-0.25, -0.2) is 14.3 Å². The minimum absolute atomic E-state index is 0.151. The van der Waals surface area contributed by atoms with Gasteiger partial charge in [0.05, 0.1) is 7.11 Å². The normalized spacial score (nSPS) is 12.7. The van der Waals surface area contributed by atoms with Crippen LogP contribution in [0.25, 0.3) is 11.1 Å². The summed E-state index contributed by atoms with van der Waals surface area (Å²) in [7, 11) is 1.29. The maximum Gasteiger partial charge on any atom is 0.263 e. The third-order valence-corrected chi connectivity index (χ3v) is 7.39. The van der Waals surface area contributed by atoms with Crippen LogP contribution >= 0.6 is 11.8 Å². The number of hydrogen-bond donors (Lipinski definition) is 1. The SMILES string of the molecule is CONC(=O)CN(CC(=O)N1CCCC1)C(=O)c1cccc(COc2ccc(-c3cc(F)c(F)cc3SC)cc2)c1. The van der Waals surface area contributed by atoms with E-state index in [0.717, 1.165) is 12.8 Å². The zero-order valence-electron chi connectivity index (χ0n) is 22.8. The monoisotopic (exact) mass is 583 g/mol. The molecule has 0 radical (unpaired) electrons. The second-order valence-corrected chi connectivity index (χ2v) is 10.3. The van der Waals surface area contributed by atoms with E-state index in [1.165, 1.54) is 35.9 Å². The number of likely N-dealkylation sites (tertiary alicyclic amines) is 1. The second kappa shape index (κ2) is 14.1. The fourth-order valence-electron chi connectivity index (χ4n) is 4.55. The van der Waals surface area contributed by atoms with Crippen LogP contribution in [0.2, 0.25) is 0 Å². The van der Waals surface area contributed by atoms with Crippen molar-refractivity contribution in [1.29, 1.82) is 0 Å². The van der Waals surface area contributed by atoms with Gasteiger partial charge in [0.2, 0.25) is 5.91 Å². The Morgan fingerprint density at radius 3 is 2.37 bits per heavy atom. The molecule has 4 rings (SSSR count). The highest BCUT2D eigenvalue weighted by Gasteiger charge is 2.26. The Kier molecular flexibility index (Phi) is 10.3. The van der Waals surface area contributed by atoms with E-state index in [1.807, 2.05) is 0 Å². The van der Waals surface area contributed by atoms with Crippen LogP contribution in [0.3, 0.4) is 0 Å². The van der Waals surface area contributed by atoms with Crippen molar-refractivity contribution >= 4 is 29.5 Å². The van der Waals surface area contributed by atoms with Crippen LogP contribution in [0.4, 0.5) is 8.78 Å². The van der Waals surface area contributed by atoms with Crippen molar-refractivity contribution in [3.63, 3.8) is 0 Å². The van der Waals surface area contributed by atoms with E-state index in [4.69, 9.17) is 4.74 Å². The van der Waals surface area contributed by atoms with Gasteiger partial charge >= 0.3 is 0 Å². The minimum Gasteiger partial charge on any atom is -0.489 e. The van der Waals surface area contributed by atoms with Gasteiger partial charge in [0, 0.05) is 23.5 Å². The van der Waals surface area contributed by atoms with E-state index >= 15 is 0 Å². The first-order valence-corrected chi connectivity index (χ1v) is 14.3. The number of carbonyl (C=O) groups is 3. The third kappa shape index (κ3) is 7.83. The summed E-state index contributed by atoms with van der Waals surface area (Å²) in [6, 6.07) is 16.1. The lowest BCUT2D eigenvalue weighted by atomic mass is 10.1. The van der Waals surface area contributed by atoms with Crippen LogP contribution in [-0.2, 0) is 21.0 Å². The maximum atomic E-state index is 13.9. The zero-order valence-corrected chi connectivity index (χ0v) is 23.6. The van der Waals surface area contributed by atoms with Crippen molar-refractivity contribution in [2.45, 2.75) is 24.3 Å². The summed E-state index contributed by atoms with van der Waals surface area (Å²) in [5.74, 6) is -2.48. The molecule has 8 nitrogen and oxygen atoms in total. The summed E-state index contributed by atoms with van der Waals surface area (Å²) in [6.45, 7) is 0.865. The number of nitrogens with zero attached hydrogens (tertiary/aromatic N) is 2. The highest BCUT2D eigenvalue weighted by Crippen LogP contribution is 2.33. The Morgan fingerprint density at radius 1 is 0.976 bits per heavy atom. The molecule has 0 unspecified atom stereocenters. The van der Waals surface area contributed by atoms with Crippen LogP contribution in [0.1, 0.15) is 28.8 Å². The van der Waals surface area contributed by atoms with Crippen molar-refractivity contribution in [1.82, 2.24) is 15.3 Å². The summed E-state index contributed by atoms with van der Waals surface area (Å²) in [6.07, 6.45) is 3.63. The number of rotatable bonds is 11. The standard InChI is InChI=1S/C30H31F2N3O5S/c1-39-33-28(36)17-35(18-29(37)34-12-3-4-13-34)30(38)22-7-5-6-20(14-22)19-40-23-10-8-21(9-11-23)24-15-25(31)26(32)16-27(24)41-2/h5-11,14-16H,3-4,12-13,17-19H2,1-2H3,(H,33,36). The molecule has 11 heteroatoms. The molecule has 1 aliphatic heterocycles. The molecule has 216 valence electrons. The number of nitrogens with one attached hydrogen (secondary N) is 1. The van der Waals surface area contributed by atoms with E-state index in [9.17, 15) is 23.2 Å². The largest absolute Gasteiger partial charge is 0.489 e. The van der Waals surface area contributed by atoms with Crippen molar-refractivity contribution < 1.29 is 32.7 Å². The number of hydroxylamine groups is 1. The Morgan fingerprint density at radius 2 is 1.68 bits per heavy atom. The predicted octanol–water partition coefficient (Wildman–Crippen LogP) is 4.67. The van der Waals surface area contributed by atoms with Crippen molar-refractivity contribution in [2.24, 2.45) is 0 Å². The lowest BCUT2D eigenvalue weighted by molar-refractivity contribution is -0.134. The van der Waals surface area contributed by atoms with Gasteiger partial charge in [0.1, 0.15) is 25.4 Å². The molecule has 1 heterocycles. The van der Waals surface area contributed by atoms with E-state index in [1.54, 1.807) is 59.7 Å². The van der Waals surface area contributed by atoms with Crippen molar-refractivity contribution in [3.05, 3.63) is 83.4 Å². The van der Waals surface area contributed by atoms with E-state index < -0.39 is 23.4 Å². The topological polar surface area (TPSA) is 88.2 Å². The number of thioether (sulfide) groups is 1. The molecular formula is C30H31F2N3O5S. The molecule has 3 aromatic rings. The lowest BCUT2D eigenvalue weighted by Gasteiger charge is -2.24. The van der Waals surface area contributed by atoms with Crippen LogP contribution in [0, 0.1) is 11.6 Å². The molecule has 0 bridgehead atoms. The molecule has 3 aromatic carbocycles. The van der Waals surface area contributed by atoms with Crippen molar-refractivity contribution in [2.75, 3.05) is 39.5 Å². The fraction of sp³-hybridized carbons (Fsp3) is 0.300. The zero-order chi connectivity index (χ0) is 29.4. The number of ether oxygens (including phenoxy) is 1. The van der Waals surface area contributed by atoms with E-state index in [-0.39, 0.29) is 25.6 Å². The smallest absolute Gasteiger partial charge is 0.263 e. The fourth-order valence-corrected chi connectivity index (χ4v) is 5.16. The maximum absolute atomic E-state index is 13.9. The number of amides is 3. The summed E-state index contributed by atoms with van der Waals surface area (Å²) in [5.41, 5.74) is 4.50. The molecule has 1 saturated heterocycles. The molecule has 1 fully saturated rings. The summed E-state index contributed by atoms with van der Waals surface area (Å²) >= 11 is 1.33. The Balaban J connectivity index is 1.44. The van der Waals surface area contributed by atoms with Gasteiger partial charge in [0.15, 0.2) is 11.6 Å². The van der Waals surface area contributed by atoms with Gasteiger partial charge in [-0.1, -0.05) is 24.3 Å². The molecule has 41 heavy (non-hydrogen) atoms. The highest BCUT2D eigenvalue weighted by molar-refractivity contribution is 7.98. The first-order valence-electron chi connectivity index (χ1n) is 13.0. The number of benzene rings is 3. The van der Waals surface area contributed by atoms with Gasteiger partial charge < -0.3 is 14.5 Å². The average Bonchev–Trinajstić information content (AvgIpc) is 3.53. The Labute approximate surface area is 241 Å². The van der Waals surface area contributed by atoms with Crippen molar-refractivity contribution in [3.8, 4) is 16.9 Å². The molecule has 0 aromatic heterocycles. The lowest BCUT2D eigenvalue weighted by Crippen LogP contribution is -2.46. The third-order valence-electron chi connectivity index (χ3n) is 6.61. The number of halogens is 2. The van der Waals surface area contributed by atoms with Crippen LogP contribution in [0.5, 0.6) is 5.75 Å². The van der Waals surface area contributed by atoms with E-state index in [0.29, 0.717) is 46.0 Å². The highest BCUT2D eigenvalue weighted by atomic mass is 32.2. The van der Waals surface area contributed by atoms with Crippen LogP contribution in [0.15, 0.2) is 65.6 Å². The molecule has 1 N–H and O–H groups in total. The average molecular weight is 584 g/mol. The van der Waals surface area contributed by atoms with Gasteiger partial charge in [0.25, 0.3) is 11.8 Å². The van der Waals surface area contributed by atoms with Crippen LogP contribution < -0.4 is 10.2 Å². The molecule has 0 aliphatic carbocycles. The summed E-state index contributed by atoms with van der Waals surface area (Å²) < 4.78 is 33.4. The molecule has 0 spiro atoms. The quantitative estimate of drug-likeness (QED) is 0.261. The first-order chi connectivity index (χ1) is 19.8.